The van der Waals surface area contributed by atoms with Gasteiger partial charge in [-0.3, -0.25) is 9.13 Å². The topological polar surface area (TPSA) is 83.5 Å². The highest BCUT2D eigenvalue weighted by atomic mass is 16.3. The molecular weight excluding hydrogens is 530 g/mol. The molecule has 6 heteroatoms. The number of para-hydroxylation sites is 2. The third-order valence-electron chi connectivity index (χ3n) is 8.38. The Balaban J connectivity index is 1.38. The minimum Gasteiger partial charge on any atom is -0.456 e. The van der Waals surface area contributed by atoms with Crippen molar-refractivity contribution in [2.45, 2.75) is 0 Å². The summed E-state index contributed by atoms with van der Waals surface area (Å²) in [5.74, 6) is 1.53. The van der Waals surface area contributed by atoms with E-state index in [0.29, 0.717) is 11.1 Å². The third-order valence-corrected chi connectivity index (χ3v) is 8.38. The van der Waals surface area contributed by atoms with Gasteiger partial charge < -0.3 is 4.42 Å². The summed E-state index contributed by atoms with van der Waals surface area (Å²) in [4.78, 5) is 5.25. The number of fused-ring (bicyclic) bond motifs is 10. The van der Waals surface area contributed by atoms with E-state index in [9.17, 15) is 10.5 Å². The van der Waals surface area contributed by atoms with Crippen LogP contribution in [0.2, 0.25) is 0 Å². The van der Waals surface area contributed by atoms with Gasteiger partial charge in [-0.1, -0.05) is 42.5 Å². The maximum absolute atomic E-state index is 9.78. The van der Waals surface area contributed by atoms with Gasteiger partial charge in [-0.2, -0.15) is 10.5 Å². The van der Waals surface area contributed by atoms with Crippen LogP contribution in [-0.4, -0.2) is 14.1 Å². The number of pyridine rings is 1. The lowest BCUT2D eigenvalue weighted by Gasteiger charge is -2.11. The van der Waals surface area contributed by atoms with Crippen LogP contribution in [0.15, 0.2) is 120 Å². The molecular formula is C37H19N5O. The zero-order valence-electron chi connectivity index (χ0n) is 22.6. The molecule has 0 saturated carbocycles. The van der Waals surface area contributed by atoms with Crippen LogP contribution < -0.4 is 0 Å². The molecule has 0 atom stereocenters. The molecule has 5 aromatic carbocycles. The molecule has 0 unspecified atom stereocenters. The zero-order chi connectivity index (χ0) is 28.7. The molecule has 9 aromatic rings. The van der Waals surface area contributed by atoms with Gasteiger partial charge in [0, 0.05) is 32.3 Å². The molecule has 43 heavy (non-hydrogen) atoms. The predicted molar refractivity (Wildman–Crippen MR) is 170 cm³/mol. The van der Waals surface area contributed by atoms with Gasteiger partial charge >= 0.3 is 0 Å². The predicted octanol–water partition coefficient (Wildman–Crippen LogP) is 8.92. The van der Waals surface area contributed by atoms with Gasteiger partial charge in [0.25, 0.3) is 0 Å². The summed E-state index contributed by atoms with van der Waals surface area (Å²) >= 11 is 0. The molecule has 6 nitrogen and oxygen atoms in total. The smallest absolute Gasteiger partial charge is 0.140 e. The van der Waals surface area contributed by atoms with E-state index in [0.717, 1.165) is 77.2 Å². The van der Waals surface area contributed by atoms with Crippen LogP contribution in [-0.2, 0) is 0 Å². The van der Waals surface area contributed by atoms with Gasteiger partial charge in [0.05, 0.1) is 45.3 Å². The average molecular weight is 550 g/mol. The van der Waals surface area contributed by atoms with E-state index in [2.05, 4.69) is 45.5 Å². The maximum atomic E-state index is 9.78. The summed E-state index contributed by atoms with van der Waals surface area (Å²) in [5.41, 5.74) is 6.79. The first-order valence-electron chi connectivity index (χ1n) is 13.9. The molecule has 0 spiro atoms. The Kier molecular flexibility index (Phi) is 4.65. The highest BCUT2D eigenvalue weighted by Crippen LogP contribution is 2.41. The highest BCUT2D eigenvalue weighted by molar-refractivity contribution is 6.27. The molecule has 0 radical (unpaired) electrons. The van der Waals surface area contributed by atoms with Crippen molar-refractivity contribution in [3.63, 3.8) is 0 Å². The van der Waals surface area contributed by atoms with Crippen molar-refractivity contribution < 1.29 is 4.42 Å². The van der Waals surface area contributed by atoms with E-state index >= 15 is 0 Å². The monoisotopic (exact) mass is 549 g/mol. The van der Waals surface area contributed by atoms with E-state index in [1.54, 1.807) is 0 Å². The zero-order valence-corrected chi connectivity index (χ0v) is 22.6. The summed E-state index contributed by atoms with van der Waals surface area (Å²) in [6.07, 6.45) is 0. The van der Waals surface area contributed by atoms with Crippen LogP contribution in [0.4, 0.5) is 0 Å². The number of hydrogen-bond acceptors (Lipinski definition) is 4. The van der Waals surface area contributed by atoms with Crippen LogP contribution in [0, 0.1) is 22.7 Å². The highest BCUT2D eigenvalue weighted by Gasteiger charge is 2.20. The third kappa shape index (κ3) is 3.18. The summed E-state index contributed by atoms with van der Waals surface area (Å²) in [7, 11) is 0. The molecule has 198 valence electrons. The first-order valence-corrected chi connectivity index (χ1v) is 13.9. The molecule has 0 N–H and O–H groups in total. The number of hydrogen-bond donors (Lipinski definition) is 0. The molecule has 0 saturated heterocycles. The standard InChI is InChI=1S/C37H19N5O/c38-20-22-12-14-29-26(18-22)24-6-1-3-8-28(24)41(29)34-10-5-11-35(40-34)42-30-15-13-23(21-39)19-27(30)36-31(42)16-17-33-37(36)25-7-2-4-9-32(25)43-33/h1-19H. The molecule has 0 aliphatic heterocycles. The fourth-order valence-electron chi connectivity index (χ4n) is 6.59. The van der Waals surface area contributed by atoms with Crippen molar-refractivity contribution in [1.82, 2.24) is 14.1 Å². The quantitative estimate of drug-likeness (QED) is 0.215. The maximum Gasteiger partial charge on any atom is 0.140 e. The lowest BCUT2D eigenvalue weighted by molar-refractivity contribution is 0.669. The van der Waals surface area contributed by atoms with Gasteiger partial charge in [-0.05, 0) is 72.8 Å². The molecule has 9 rings (SSSR count). The molecule has 0 fully saturated rings. The summed E-state index contributed by atoms with van der Waals surface area (Å²) in [6, 6.07) is 42.6. The number of benzene rings is 5. The van der Waals surface area contributed by atoms with Crippen molar-refractivity contribution in [3.05, 3.63) is 126 Å². The molecule has 0 amide bonds. The Bertz CT molecular complexity index is 2710. The van der Waals surface area contributed by atoms with E-state index in [1.165, 1.54) is 0 Å². The Morgan fingerprint density at radius 1 is 0.488 bits per heavy atom. The van der Waals surface area contributed by atoms with Gasteiger partial charge in [0.1, 0.15) is 22.8 Å². The van der Waals surface area contributed by atoms with E-state index in [-0.39, 0.29) is 0 Å². The minimum atomic E-state index is 0.597. The van der Waals surface area contributed by atoms with Crippen molar-refractivity contribution >= 4 is 65.6 Å². The normalized spacial score (nSPS) is 11.7. The number of aromatic nitrogens is 3. The van der Waals surface area contributed by atoms with Gasteiger partial charge in [0.15, 0.2) is 0 Å². The SMILES string of the molecule is N#Cc1ccc2c(c1)c1ccccc1n2-c1cccc(-n2c3ccc(C#N)cc3c3c4c(ccc32)oc2ccccc24)n1. The number of rotatable bonds is 2. The minimum absolute atomic E-state index is 0.597. The number of furan rings is 1. The Labute approximate surface area is 244 Å². The van der Waals surface area contributed by atoms with Crippen molar-refractivity contribution in [2.24, 2.45) is 0 Å². The number of nitrogens with zero attached hydrogens (tertiary/aromatic N) is 5. The fraction of sp³-hybridized carbons (Fsp3) is 0. The van der Waals surface area contributed by atoms with E-state index in [4.69, 9.17) is 9.40 Å². The van der Waals surface area contributed by atoms with Gasteiger partial charge in [-0.25, -0.2) is 4.98 Å². The largest absolute Gasteiger partial charge is 0.456 e. The molecule has 4 aromatic heterocycles. The lowest BCUT2D eigenvalue weighted by Crippen LogP contribution is -2.03. The lowest BCUT2D eigenvalue weighted by atomic mass is 10.0. The van der Waals surface area contributed by atoms with Crippen LogP contribution in [0.5, 0.6) is 0 Å². The molecule has 4 heterocycles. The molecule has 0 bridgehead atoms. The molecule has 0 aliphatic carbocycles. The Hall–Kier alpha value is -6.37. The van der Waals surface area contributed by atoms with Crippen molar-refractivity contribution in [2.75, 3.05) is 0 Å². The first kappa shape index (κ1) is 23.3. The molecule has 0 aliphatic rings. The van der Waals surface area contributed by atoms with Gasteiger partial charge in [-0.15, -0.1) is 0 Å². The second kappa shape index (κ2) is 8.57. The van der Waals surface area contributed by atoms with Gasteiger partial charge in [0.2, 0.25) is 0 Å². The van der Waals surface area contributed by atoms with Crippen LogP contribution >= 0.6 is 0 Å². The van der Waals surface area contributed by atoms with E-state index in [1.807, 2.05) is 91.0 Å². The van der Waals surface area contributed by atoms with Crippen molar-refractivity contribution in [3.8, 4) is 23.8 Å². The Morgan fingerprint density at radius 2 is 1.09 bits per heavy atom. The van der Waals surface area contributed by atoms with Crippen molar-refractivity contribution in [1.29, 1.82) is 10.5 Å². The van der Waals surface area contributed by atoms with Crippen LogP contribution in [0.1, 0.15) is 11.1 Å². The van der Waals surface area contributed by atoms with Crippen LogP contribution in [0.3, 0.4) is 0 Å². The van der Waals surface area contributed by atoms with E-state index < -0.39 is 0 Å². The summed E-state index contributed by atoms with van der Waals surface area (Å²) in [5, 5.41) is 25.5. The Morgan fingerprint density at radius 3 is 1.86 bits per heavy atom. The summed E-state index contributed by atoms with van der Waals surface area (Å²) < 4.78 is 10.6. The average Bonchev–Trinajstić information content (AvgIpc) is 3.71. The second-order valence-corrected chi connectivity index (χ2v) is 10.7. The fourth-order valence-corrected chi connectivity index (χ4v) is 6.59. The second-order valence-electron chi connectivity index (χ2n) is 10.7. The summed E-state index contributed by atoms with van der Waals surface area (Å²) in [6.45, 7) is 0. The van der Waals surface area contributed by atoms with Crippen LogP contribution in [0.25, 0.3) is 77.2 Å². The first-order chi connectivity index (χ1) is 21.2. The number of nitriles is 2.